The maximum Gasteiger partial charge on any atom is 0.153 e. The number of likely N-dealkylation sites (tertiary alicyclic amines) is 1. The third-order valence-corrected chi connectivity index (χ3v) is 6.05. The standard InChI is InChI=1S/C20H24N6O/c21-9-14-5-6-22-19(7-14)23-20-8-18(26(24-20)16-3-1-2-4-16)15-10-25(11-15)17-12-27-13-17/h5-8,15-17H,1-4,10-13H2,(H,22,23,24). The Morgan fingerprint density at radius 3 is 2.63 bits per heavy atom. The van der Waals surface area contributed by atoms with E-state index in [-0.39, 0.29) is 0 Å². The third-order valence-electron chi connectivity index (χ3n) is 6.05. The Balaban J connectivity index is 1.37. The summed E-state index contributed by atoms with van der Waals surface area (Å²) in [6, 6.07) is 8.92. The highest BCUT2D eigenvalue weighted by Crippen LogP contribution is 2.37. The summed E-state index contributed by atoms with van der Waals surface area (Å²) in [5, 5.41) is 17.3. The van der Waals surface area contributed by atoms with Gasteiger partial charge >= 0.3 is 0 Å². The van der Waals surface area contributed by atoms with Crippen LogP contribution in [0.15, 0.2) is 24.4 Å². The molecule has 5 rings (SSSR count). The van der Waals surface area contributed by atoms with Crippen LogP contribution in [-0.2, 0) is 4.74 Å². The molecule has 2 saturated heterocycles. The summed E-state index contributed by atoms with van der Waals surface area (Å²) in [5.74, 6) is 2.02. The van der Waals surface area contributed by atoms with Crippen LogP contribution in [0.2, 0.25) is 0 Å². The van der Waals surface area contributed by atoms with Crippen molar-refractivity contribution in [3.05, 3.63) is 35.7 Å². The van der Waals surface area contributed by atoms with Crippen LogP contribution in [0.3, 0.4) is 0 Å². The van der Waals surface area contributed by atoms with Gasteiger partial charge in [0, 0.05) is 37.0 Å². The second kappa shape index (κ2) is 6.95. The molecule has 0 spiro atoms. The van der Waals surface area contributed by atoms with E-state index < -0.39 is 0 Å². The SMILES string of the molecule is N#Cc1ccnc(Nc2cc(C3CN(C4COC4)C3)n(C3CCCC3)n2)c1. The fourth-order valence-corrected chi connectivity index (χ4v) is 4.35. The normalized spacial score (nSPS) is 21.6. The summed E-state index contributed by atoms with van der Waals surface area (Å²) in [6.07, 6.45) is 6.65. The largest absolute Gasteiger partial charge is 0.378 e. The first kappa shape index (κ1) is 16.7. The Labute approximate surface area is 158 Å². The van der Waals surface area contributed by atoms with Crippen LogP contribution in [0.5, 0.6) is 0 Å². The van der Waals surface area contributed by atoms with Crippen LogP contribution in [0.1, 0.15) is 48.9 Å². The van der Waals surface area contributed by atoms with Crippen molar-refractivity contribution < 1.29 is 4.74 Å². The Morgan fingerprint density at radius 2 is 1.93 bits per heavy atom. The number of hydrogen-bond donors (Lipinski definition) is 1. The number of nitriles is 1. The zero-order valence-corrected chi connectivity index (χ0v) is 15.3. The van der Waals surface area contributed by atoms with Crippen LogP contribution in [0, 0.1) is 11.3 Å². The topological polar surface area (TPSA) is 79.0 Å². The summed E-state index contributed by atoms with van der Waals surface area (Å²) < 4.78 is 7.59. The predicted octanol–water partition coefficient (Wildman–Crippen LogP) is 2.81. The highest BCUT2D eigenvalue weighted by Gasteiger charge is 2.39. The Bertz CT molecular complexity index is 856. The lowest BCUT2D eigenvalue weighted by Crippen LogP contribution is -2.58. The van der Waals surface area contributed by atoms with Crippen molar-refractivity contribution in [3.63, 3.8) is 0 Å². The van der Waals surface area contributed by atoms with Gasteiger partial charge in [-0.3, -0.25) is 9.58 Å². The molecule has 1 aliphatic carbocycles. The molecular weight excluding hydrogens is 340 g/mol. The van der Waals surface area contributed by atoms with Crippen molar-refractivity contribution in [1.29, 1.82) is 5.26 Å². The molecule has 3 aliphatic rings. The minimum absolute atomic E-state index is 0.509. The summed E-state index contributed by atoms with van der Waals surface area (Å²) in [7, 11) is 0. The van der Waals surface area contributed by atoms with Crippen LogP contribution >= 0.6 is 0 Å². The van der Waals surface area contributed by atoms with Gasteiger partial charge in [-0.2, -0.15) is 10.4 Å². The smallest absolute Gasteiger partial charge is 0.153 e. The first-order valence-electron chi connectivity index (χ1n) is 9.84. The maximum atomic E-state index is 9.09. The molecule has 7 nitrogen and oxygen atoms in total. The predicted molar refractivity (Wildman–Crippen MR) is 101 cm³/mol. The van der Waals surface area contributed by atoms with Gasteiger partial charge in [0.15, 0.2) is 5.82 Å². The highest BCUT2D eigenvalue weighted by atomic mass is 16.5. The average Bonchev–Trinajstić information content (AvgIpc) is 3.25. The van der Waals surface area contributed by atoms with E-state index in [1.807, 2.05) is 0 Å². The van der Waals surface area contributed by atoms with E-state index >= 15 is 0 Å². The second-order valence-electron chi connectivity index (χ2n) is 7.85. The lowest BCUT2D eigenvalue weighted by Gasteiger charge is -2.47. The van der Waals surface area contributed by atoms with Gasteiger partial charge in [0.25, 0.3) is 0 Å². The van der Waals surface area contributed by atoms with Gasteiger partial charge in [-0.1, -0.05) is 12.8 Å². The van der Waals surface area contributed by atoms with E-state index in [1.54, 1.807) is 18.3 Å². The number of hydrogen-bond acceptors (Lipinski definition) is 6. The van der Waals surface area contributed by atoms with Crippen LogP contribution in [0.25, 0.3) is 0 Å². The molecule has 140 valence electrons. The molecule has 27 heavy (non-hydrogen) atoms. The summed E-state index contributed by atoms with van der Waals surface area (Å²) >= 11 is 0. The van der Waals surface area contributed by atoms with E-state index in [1.165, 1.54) is 31.4 Å². The van der Waals surface area contributed by atoms with Gasteiger partial charge in [0.1, 0.15) is 5.82 Å². The minimum atomic E-state index is 0.509. The summed E-state index contributed by atoms with van der Waals surface area (Å²) in [5.41, 5.74) is 1.93. The Hall–Kier alpha value is -2.43. The molecule has 0 bridgehead atoms. The first-order chi connectivity index (χ1) is 13.3. The first-order valence-corrected chi connectivity index (χ1v) is 9.84. The highest BCUT2D eigenvalue weighted by molar-refractivity contribution is 5.54. The van der Waals surface area contributed by atoms with Crippen molar-refractivity contribution in [2.45, 2.75) is 43.7 Å². The number of nitrogens with zero attached hydrogens (tertiary/aromatic N) is 5. The second-order valence-corrected chi connectivity index (χ2v) is 7.85. The lowest BCUT2D eigenvalue weighted by molar-refractivity contribution is -0.0914. The van der Waals surface area contributed by atoms with Crippen molar-refractivity contribution in [2.24, 2.45) is 0 Å². The third kappa shape index (κ3) is 3.20. The van der Waals surface area contributed by atoms with Gasteiger partial charge in [-0.25, -0.2) is 4.98 Å². The average molecular weight is 364 g/mol. The van der Waals surface area contributed by atoms with Crippen molar-refractivity contribution in [1.82, 2.24) is 19.7 Å². The molecule has 1 saturated carbocycles. The number of ether oxygens (including phenoxy) is 1. The van der Waals surface area contributed by atoms with E-state index in [0.29, 0.717) is 29.4 Å². The number of rotatable bonds is 5. The van der Waals surface area contributed by atoms with Crippen LogP contribution < -0.4 is 5.32 Å². The maximum absolute atomic E-state index is 9.09. The molecule has 2 aromatic rings. The van der Waals surface area contributed by atoms with Gasteiger partial charge in [-0.05, 0) is 25.0 Å². The lowest BCUT2D eigenvalue weighted by atomic mass is 9.93. The van der Waals surface area contributed by atoms with Crippen molar-refractivity contribution in [3.8, 4) is 6.07 Å². The molecule has 1 N–H and O–H groups in total. The summed E-state index contributed by atoms with van der Waals surface area (Å²) in [4.78, 5) is 6.84. The van der Waals surface area contributed by atoms with Gasteiger partial charge < -0.3 is 10.1 Å². The Kier molecular flexibility index (Phi) is 4.30. The molecule has 0 unspecified atom stereocenters. The molecule has 7 heteroatoms. The monoisotopic (exact) mass is 364 g/mol. The minimum Gasteiger partial charge on any atom is -0.378 e. The van der Waals surface area contributed by atoms with Gasteiger partial charge in [0.2, 0.25) is 0 Å². The molecule has 2 aliphatic heterocycles. The number of nitrogens with one attached hydrogen (secondary N) is 1. The molecule has 0 radical (unpaired) electrons. The fraction of sp³-hybridized carbons (Fsp3) is 0.550. The zero-order chi connectivity index (χ0) is 18.2. The zero-order valence-electron chi connectivity index (χ0n) is 15.3. The molecule has 2 aromatic heterocycles. The van der Waals surface area contributed by atoms with Gasteiger partial charge in [-0.15, -0.1) is 0 Å². The Morgan fingerprint density at radius 1 is 1.11 bits per heavy atom. The van der Waals surface area contributed by atoms with Crippen molar-refractivity contribution in [2.75, 3.05) is 31.6 Å². The van der Waals surface area contributed by atoms with Crippen LogP contribution in [0.4, 0.5) is 11.6 Å². The van der Waals surface area contributed by atoms with E-state index in [9.17, 15) is 0 Å². The number of anilines is 2. The van der Waals surface area contributed by atoms with E-state index in [2.05, 4.69) is 32.0 Å². The molecule has 4 heterocycles. The molecular formula is C20H24N6O. The van der Waals surface area contributed by atoms with Gasteiger partial charge in [0.05, 0.1) is 36.9 Å². The summed E-state index contributed by atoms with van der Waals surface area (Å²) in [6.45, 7) is 3.94. The molecule has 0 aromatic carbocycles. The fourth-order valence-electron chi connectivity index (χ4n) is 4.35. The molecule has 3 fully saturated rings. The van der Waals surface area contributed by atoms with E-state index in [0.717, 1.165) is 32.1 Å². The number of pyridine rings is 1. The van der Waals surface area contributed by atoms with E-state index in [4.69, 9.17) is 15.1 Å². The quantitative estimate of drug-likeness (QED) is 0.879. The molecule has 0 atom stereocenters. The van der Waals surface area contributed by atoms with Crippen molar-refractivity contribution >= 4 is 11.6 Å². The molecule has 0 amide bonds. The van der Waals surface area contributed by atoms with Crippen LogP contribution in [-0.4, -0.2) is 52.0 Å². The number of aromatic nitrogens is 3.